The van der Waals surface area contributed by atoms with Gasteiger partial charge in [-0.1, -0.05) is 12.1 Å². The number of phenolic OH excluding ortho intramolecular Hbond substituents is 1. The lowest BCUT2D eigenvalue weighted by molar-refractivity contribution is -0.119. The van der Waals surface area contributed by atoms with Gasteiger partial charge in [0.05, 0.1) is 20.9 Å². The molecule has 3 heterocycles. The molecule has 3 aromatic carbocycles. The van der Waals surface area contributed by atoms with Crippen LogP contribution in [0.2, 0.25) is 0 Å². The third kappa shape index (κ3) is 4.05. The molecule has 10 nitrogen and oxygen atoms in total. The number of anilines is 4. The Kier molecular flexibility index (Phi) is 5.55. The van der Waals surface area contributed by atoms with Crippen LogP contribution in [0.5, 0.6) is 11.5 Å². The van der Waals surface area contributed by atoms with E-state index in [1.54, 1.807) is 60.8 Å². The van der Waals surface area contributed by atoms with E-state index in [0.717, 1.165) is 31.5 Å². The first-order chi connectivity index (χ1) is 19.3. The highest BCUT2D eigenvalue weighted by atomic mass is 32.2. The van der Waals surface area contributed by atoms with Crippen LogP contribution in [0, 0.1) is 0 Å². The van der Waals surface area contributed by atoms with Gasteiger partial charge in [0.2, 0.25) is 21.7 Å². The predicted molar refractivity (Wildman–Crippen MR) is 147 cm³/mol. The Labute approximate surface area is 230 Å². The second kappa shape index (κ2) is 9.04. The number of nitrogens with one attached hydrogen (secondary N) is 2. The number of hydrogen-bond acceptors (Lipinski definition) is 9. The van der Waals surface area contributed by atoms with Crippen LogP contribution in [0.3, 0.4) is 0 Å². The van der Waals surface area contributed by atoms with E-state index in [4.69, 9.17) is 4.74 Å². The number of benzene rings is 3. The summed E-state index contributed by atoms with van der Waals surface area (Å²) >= 11 is 0. The second-order valence-corrected chi connectivity index (χ2v) is 12.1. The molecule has 1 aromatic heterocycles. The summed E-state index contributed by atoms with van der Waals surface area (Å²) in [5.74, 6) is 1.24. The summed E-state index contributed by atoms with van der Waals surface area (Å²) in [6.07, 6.45) is 3.18. The Morgan fingerprint density at radius 3 is 2.48 bits per heavy atom. The lowest BCUT2D eigenvalue weighted by atomic mass is 10.0. The van der Waals surface area contributed by atoms with Gasteiger partial charge < -0.3 is 20.5 Å². The number of amides is 1. The van der Waals surface area contributed by atoms with Crippen molar-refractivity contribution in [2.75, 3.05) is 23.3 Å². The third-order valence-corrected chi connectivity index (χ3v) is 9.30. The van der Waals surface area contributed by atoms with Gasteiger partial charge in [0.15, 0.2) is 0 Å². The van der Waals surface area contributed by atoms with Crippen LogP contribution in [0.25, 0.3) is 0 Å². The minimum absolute atomic E-state index is 0.0459. The third-order valence-electron chi connectivity index (χ3n) is 7.53. The molecule has 0 atom stereocenters. The van der Waals surface area contributed by atoms with E-state index < -0.39 is 15.3 Å². The van der Waals surface area contributed by atoms with Gasteiger partial charge in [-0.15, -0.1) is 0 Å². The molecule has 3 N–H and O–H groups in total. The maximum absolute atomic E-state index is 13.4. The summed E-state index contributed by atoms with van der Waals surface area (Å²) in [4.78, 5) is 24.3. The number of aromatic nitrogens is 2. The number of rotatable bonds is 7. The van der Waals surface area contributed by atoms with Crippen molar-refractivity contribution >= 4 is 38.9 Å². The first-order valence-electron chi connectivity index (χ1n) is 12.9. The normalized spacial score (nSPS) is 17.4. The fourth-order valence-corrected chi connectivity index (χ4v) is 6.38. The van der Waals surface area contributed by atoms with E-state index in [1.807, 2.05) is 0 Å². The highest BCUT2D eigenvalue weighted by Gasteiger charge is 2.60. The summed E-state index contributed by atoms with van der Waals surface area (Å²) in [6.45, 7) is 1.48. The number of aromatic hydroxyl groups is 1. The van der Waals surface area contributed by atoms with Crippen LogP contribution in [-0.4, -0.2) is 48.6 Å². The summed E-state index contributed by atoms with van der Waals surface area (Å²) in [6, 6.07) is 19.4. The Hall–Kier alpha value is -4.48. The molecule has 4 aromatic rings. The fourth-order valence-electron chi connectivity index (χ4n) is 5.08. The smallest absolute Gasteiger partial charge is 0.243 e. The van der Waals surface area contributed by atoms with E-state index in [-0.39, 0.29) is 33.5 Å². The maximum atomic E-state index is 13.4. The molecular formula is C29H25N5O5S. The number of carbonyl (C=O) groups excluding carboxylic acids is 1. The molecule has 202 valence electrons. The Morgan fingerprint density at radius 2 is 1.77 bits per heavy atom. The van der Waals surface area contributed by atoms with Gasteiger partial charge in [0, 0.05) is 36.6 Å². The predicted octanol–water partition coefficient (Wildman–Crippen LogP) is 3.82. The molecule has 3 aliphatic rings. The van der Waals surface area contributed by atoms with E-state index >= 15 is 0 Å². The molecule has 0 radical (unpaired) electrons. The van der Waals surface area contributed by atoms with Gasteiger partial charge in [-0.3, -0.25) is 9.69 Å². The fraction of sp³-hybridized carbons (Fsp3) is 0.207. The molecule has 1 aliphatic carbocycles. The Morgan fingerprint density at radius 1 is 1.00 bits per heavy atom. The van der Waals surface area contributed by atoms with Crippen LogP contribution >= 0.6 is 0 Å². The molecule has 11 heteroatoms. The van der Waals surface area contributed by atoms with Crippen molar-refractivity contribution in [3.8, 4) is 11.5 Å². The highest BCUT2D eigenvalue weighted by Crippen LogP contribution is 2.58. The van der Waals surface area contributed by atoms with Crippen LogP contribution < -0.4 is 20.3 Å². The number of fused-ring (bicyclic) bond motifs is 2. The minimum atomic E-state index is -3.76. The molecule has 0 unspecified atom stereocenters. The largest absolute Gasteiger partial charge is 0.508 e. The van der Waals surface area contributed by atoms with Crippen molar-refractivity contribution in [2.24, 2.45) is 0 Å². The number of sulfone groups is 1. The molecule has 1 spiro atoms. The summed E-state index contributed by atoms with van der Waals surface area (Å²) in [7, 11) is -3.76. The monoisotopic (exact) mass is 555 g/mol. The molecule has 1 saturated carbocycles. The zero-order valence-electron chi connectivity index (χ0n) is 21.2. The number of phenols is 1. The zero-order valence-corrected chi connectivity index (χ0v) is 22.1. The molecular weight excluding hydrogens is 530 g/mol. The van der Waals surface area contributed by atoms with E-state index in [1.165, 1.54) is 23.1 Å². The quantitative estimate of drug-likeness (QED) is 0.311. The number of nitrogens with zero attached hydrogens (tertiary/aromatic N) is 3. The molecule has 7 rings (SSSR count). The van der Waals surface area contributed by atoms with Crippen molar-refractivity contribution in [2.45, 2.75) is 34.2 Å². The second-order valence-electron chi connectivity index (χ2n) is 10.2. The van der Waals surface area contributed by atoms with Crippen LogP contribution in [0.4, 0.5) is 23.1 Å². The molecule has 1 amide bonds. The lowest BCUT2D eigenvalue weighted by Gasteiger charge is -2.27. The van der Waals surface area contributed by atoms with E-state index in [2.05, 4.69) is 20.6 Å². The van der Waals surface area contributed by atoms with Crippen LogP contribution in [-0.2, 0) is 20.0 Å². The molecule has 1 saturated heterocycles. The van der Waals surface area contributed by atoms with Crippen molar-refractivity contribution in [3.63, 3.8) is 0 Å². The average molecular weight is 556 g/mol. The maximum Gasteiger partial charge on any atom is 0.243 e. The van der Waals surface area contributed by atoms with Crippen LogP contribution in [0.15, 0.2) is 88.8 Å². The summed E-state index contributed by atoms with van der Waals surface area (Å²) in [5.41, 5.74) is 1.29. The first kappa shape index (κ1) is 24.6. The summed E-state index contributed by atoms with van der Waals surface area (Å²) < 4.78 is 32.4. The molecule has 0 bridgehead atoms. The van der Waals surface area contributed by atoms with E-state index in [0.29, 0.717) is 22.9 Å². The zero-order chi connectivity index (χ0) is 27.5. The number of ether oxygens (including phenoxy) is 1. The Balaban J connectivity index is 1.13. The van der Waals surface area contributed by atoms with Crippen LogP contribution in [0.1, 0.15) is 18.4 Å². The first-order valence-corrected chi connectivity index (χ1v) is 14.4. The lowest BCUT2D eigenvalue weighted by Crippen LogP contribution is -2.50. The van der Waals surface area contributed by atoms with Crippen molar-refractivity contribution in [1.29, 1.82) is 0 Å². The highest BCUT2D eigenvalue weighted by molar-refractivity contribution is 7.91. The van der Waals surface area contributed by atoms with Gasteiger partial charge in [0.1, 0.15) is 23.4 Å². The summed E-state index contributed by atoms with van der Waals surface area (Å²) in [5, 5.41) is 16.2. The number of hydrogen-bond donors (Lipinski definition) is 3. The molecule has 40 heavy (non-hydrogen) atoms. The van der Waals surface area contributed by atoms with Gasteiger partial charge >= 0.3 is 0 Å². The molecule has 2 aliphatic heterocycles. The molecule has 2 fully saturated rings. The van der Waals surface area contributed by atoms with Gasteiger partial charge in [-0.25, -0.2) is 13.4 Å². The van der Waals surface area contributed by atoms with Crippen molar-refractivity contribution in [1.82, 2.24) is 15.3 Å². The Bertz CT molecular complexity index is 1750. The van der Waals surface area contributed by atoms with Gasteiger partial charge in [-0.05, 0) is 67.4 Å². The standard InChI is InChI=1S/C29H25N5O5S/c35-20-4-1-3-19(13-20)34-26-25(29(11-12-29)27(34)36)17-31-28(33-26)32-18-7-9-23(10-8-18)40(37,38)24-6-2-5-21(14-24)39-22-15-30-16-22/h1-10,13-14,17,22,30,35H,11-12,15-16H2,(H,31,32,33). The topological polar surface area (TPSA) is 134 Å². The van der Waals surface area contributed by atoms with E-state index in [9.17, 15) is 18.3 Å². The minimum Gasteiger partial charge on any atom is -0.508 e. The van der Waals surface area contributed by atoms with Crippen molar-refractivity contribution in [3.05, 3.63) is 84.6 Å². The van der Waals surface area contributed by atoms with Gasteiger partial charge in [0.25, 0.3) is 0 Å². The number of carbonyl (C=O) groups is 1. The van der Waals surface area contributed by atoms with Crippen molar-refractivity contribution < 1.29 is 23.1 Å². The average Bonchev–Trinajstić information content (AvgIpc) is 3.69. The SMILES string of the molecule is O=C1N(c2cccc(O)c2)c2nc(Nc3ccc(S(=O)(=O)c4cccc(OC5CNC5)c4)cc3)ncc2C12CC2. The van der Waals surface area contributed by atoms with Gasteiger partial charge in [-0.2, -0.15) is 4.98 Å².